The highest BCUT2D eigenvalue weighted by molar-refractivity contribution is 7.98. The molecule has 2 N–H and O–H groups in total. The average molecular weight is 269 g/mol. The summed E-state index contributed by atoms with van der Waals surface area (Å²) in [7, 11) is 0. The van der Waals surface area contributed by atoms with Crippen molar-refractivity contribution < 1.29 is 14.7 Å². The Morgan fingerprint density at radius 2 is 2.00 bits per heavy atom. The van der Waals surface area contributed by atoms with Gasteiger partial charge in [0.1, 0.15) is 0 Å². The fourth-order valence-corrected chi connectivity index (χ4v) is 3.73. The van der Waals surface area contributed by atoms with Gasteiger partial charge in [-0.25, -0.2) is 0 Å². The molecule has 0 spiro atoms. The fourth-order valence-electron chi connectivity index (χ4n) is 3.15. The van der Waals surface area contributed by atoms with E-state index in [1.165, 1.54) is 0 Å². The largest absolute Gasteiger partial charge is 0.481 e. The maximum atomic E-state index is 12.2. The van der Waals surface area contributed by atoms with Crippen LogP contribution in [0.4, 0.5) is 0 Å². The van der Waals surface area contributed by atoms with Gasteiger partial charge in [-0.1, -0.05) is 12.2 Å². The molecule has 100 valence electrons. The minimum absolute atomic E-state index is 0.0408. The number of fused-ring (bicyclic) bond motifs is 2. The molecule has 5 atom stereocenters. The number of carboxylic acids is 1. The maximum Gasteiger partial charge on any atom is 0.307 e. The third-order valence-electron chi connectivity index (χ3n) is 3.85. The van der Waals surface area contributed by atoms with E-state index in [1.54, 1.807) is 11.8 Å². The Labute approximate surface area is 111 Å². The molecule has 5 unspecified atom stereocenters. The Balaban J connectivity index is 2.05. The van der Waals surface area contributed by atoms with Crippen LogP contribution in [0.2, 0.25) is 0 Å². The van der Waals surface area contributed by atoms with Crippen LogP contribution in [0.1, 0.15) is 13.3 Å². The number of aliphatic carboxylic acids is 1. The Morgan fingerprint density at radius 3 is 2.56 bits per heavy atom. The van der Waals surface area contributed by atoms with Crippen molar-refractivity contribution >= 4 is 23.6 Å². The lowest BCUT2D eigenvalue weighted by molar-refractivity contribution is -0.147. The van der Waals surface area contributed by atoms with Crippen LogP contribution in [0.25, 0.3) is 0 Å². The van der Waals surface area contributed by atoms with Crippen molar-refractivity contribution in [1.82, 2.24) is 5.32 Å². The summed E-state index contributed by atoms with van der Waals surface area (Å²) in [5, 5.41) is 12.2. The second-order valence-electron chi connectivity index (χ2n) is 5.20. The van der Waals surface area contributed by atoms with E-state index < -0.39 is 11.9 Å². The second kappa shape index (κ2) is 5.34. The maximum absolute atomic E-state index is 12.2. The van der Waals surface area contributed by atoms with E-state index in [4.69, 9.17) is 0 Å². The molecule has 2 rings (SSSR count). The summed E-state index contributed by atoms with van der Waals surface area (Å²) in [4.78, 5) is 23.5. The number of hydrogen-bond acceptors (Lipinski definition) is 3. The molecule has 18 heavy (non-hydrogen) atoms. The first kappa shape index (κ1) is 13.5. The fraction of sp³-hybridized carbons (Fsp3) is 0.692. The lowest BCUT2D eigenvalue weighted by Gasteiger charge is -2.25. The number of hydrogen-bond donors (Lipinski definition) is 2. The predicted molar refractivity (Wildman–Crippen MR) is 71.3 cm³/mol. The van der Waals surface area contributed by atoms with Gasteiger partial charge in [-0.3, -0.25) is 9.59 Å². The van der Waals surface area contributed by atoms with Gasteiger partial charge in [0.15, 0.2) is 0 Å². The number of thioether (sulfide) groups is 1. The molecule has 0 aromatic carbocycles. The van der Waals surface area contributed by atoms with E-state index in [0.29, 0.717) is 0 Å². The molecule has 2 aliphatic carbocycles. The second-order valence-corrected chi connectivity index (χ2v) is 6.11. The van der Waals surface area contributed by atoms with Crippen LogP contribution < -0.4 is 5.32 Å². The molecule has 0 radical (unpaired) electrons. The first-order chi connectivity index (χ1) is 8.54. The Morgan fingerprint density at radius 1 is 1.39 bits per heavy atom. The normalized spacial score (nSPS) is 34.6. The average Bonchev–Trinajstić information content (AvgIpc) is 2.88. The van der Waals surface area contributed by atoms with Gasteiger partial charge in [-0.2, -0.15) is 11.8 Å². The Bertz CT molecular complexity index is 382. The van der Waals surface area contributed by atoms with E-state index in [2.05, 4.69) is 5.32 Å². The molecule has 1 saturated carbocycles. The lowest BCUT2D eigenvalue weighted by Crippen LogP contribution is -2.44. The molecular formula is C13H19NO3S. The van der Waals surface area contributed by atoms with Crippen LogP contribution in [0, 0.1) is 23.7 Å². The summed E-state index contributed by atoms with van der Waals surface area (Å²) in [5.41, 5.74) is 0. The van der Waals surface area contributed by atoms with Crippen molar-refractivity contribution in [2.24, 2.45) is 23.7 Å². The minimum Gasteiger partial charge on any atom is -0.481 e. The lowest BCUT2D eigenvalue weighted by atomic mass is 9.82. The van der Waals surface area contributed by atoms with Crippen molar-refractivity contribution in [1.29, 1.82) is 0 Å². The smallest absolute Gasteiger partial charge is 0.307 e. The number of allylic oxidation sites excluding steroid dienone is 2. The van der Waals surface area contributed by atoms with Gasteiger partial charge in [-0.15, -0.1) is 0 Å². The van der Waals surface area contributed by atoms with Gasteiger partial charge >= 0.3 is 5.97 Å². The summed E-state index contributed by atoms with van der Waals surface area (Å²) in [6, 6.07) is 0.0880. The molecule has 4 nitrogen and oxygen atoms in total. The standard InChI is InChI=1S/C13H19NO3S/c1-7(6-18-2)14-12(15)10-8-3-4-9(5-8)11(10)13(16)17/h3-4,7-11H,5-6H2,1-2H3,(H,14,15)(H,16,17). The zero-order valence-corrected chi connectivity index (χ0v) is 11.4. The Hall–Kier alpha value is -0.970. The van der Waals surface area contributed by atoms with Crippen molar-refractivity contribution in [3.05, 3.63) is 12.2 Å². The first-order valence-corrected chi connectivity index (χ1v) is 7.64. The number of amides is 1. The number of nitrogens with one attached hydrogen (secondary N) is 1. The number of rotatable bonds is 5. The first-order valence-electron chi connectivity index (χ1n) is 6.25. The van der Waals surface area contributed by atoms with Gasteiger partial charge in [0.05, 0.1) is 11.8 Å². The van der Waals surface area contributed by atoms with E-state index >= 15 is 0 Å². The SMILES string of the molecule is CSCC(C)NC(=O)C1C2C=CC(C2)C1C(=O)O. The van der Waals surface area contributed by atoms with Crippen molar-refractivity contribution in [3.8, 4) is 0 Å². The van der Waals surface area contributed by atoms with Crippen molar-refractivity contribution in [3.63, 3.8) is 0 Å². The molecular weight excluding hydrogens is 250 g/mol. The zero-order chi connectivity index (χ0) is 13.3. The van der Waals surface area contributed by atoms with Gasteiger partial charge in [0.2, 0.25) is 5.91 Å². The quantitative estimate of drug-likeness (QED) is 0.740. The summed E-state index contributed by atoms with van der Waals surface area (Å²) in [5.74, 6) is -0.870. The molecule has 0 aromatic heterocycles. The van der Waals surface area contributed by atoms with Crippen LogP contribution in [0.15, 0.2) is 12.2 Å². The summed E-state index contributed by atoms with van der Waals surface area (Å²) < 4.78 is 0. The van der Waals surface area contributed by atoms with E-state index in [-0.39, 0.29) is 29.7 Å². The number of carboxylic acid groups (broad SMARTS) is 1. The van der Waals surface area contributed by atoms with Crippen LogP contribution >= 0.6 is 11.8 Å². The molecule has 5 heteroatoms. The van der Waals surface area contributed by atoms with Gasteiger partial charge in [0, 0.05) is 11.8 Å². The topological polar surface area (TPSA) is 66.4 Å². The van der Waals surface area contributed by atoms with Crippen molar-refractivity contribution in [2.75, 3.05) is 12.0 Å². The molecule has 0 aromatic rings. The summed E-state index contributed by atoms with van der Waals surface area (Å²) in [6.45, 7) is 1.95. The molecule has 0 saturated heterocycles. The highest BCUT2D eigenvalue weighted by Crippen LogP contribution is 2.48. The highest BCUT2D eigenvalue weighted by atomic mass is 32.2. The van der Waals surface area contributed by atoms with Crippen LogP contribution in [0.3, 0.4) is 0 Å². The molecule has 2 aliphatic rings. The van der Waals surface area contributed by atoms with Crippen LogP contribution in [0.5, 0.6) is 0 Å². The summed E-state index contributed by atoms with van der Waals surface area (Å²) in [6.07, 6.45) is 6.76. The zero-order valence-electron chi connectivity index (χ0n) is 10.6. The van der Waals surface area contributed by atoms with Gasteiger partial charge in [-0.05, 0) is 31.4 Å². The predicted octanol–water partition coefficient (Wildman–Crippen LogP) is 1.38. The van der Waals surface area contributed by atoms with E-state index in [0.717, 1.165) is 12.2 Å². The molecule has 2 bridgehead atoms. The van der Waals surface area contributed by atoms with Crippen molar-refractivity contribution in [2.45, 2.75) is 19.4 Å². The molecule has 0 aliphatic heterocycles. The molecule has 0 heterocycles. The van der Waals surface area contributed by atoms with Gasteiger partial charge < -0.3 is 10.4 Å². The van der Waals surface area contributed by atoms with E-state index in [9.17, 15) is 14.7 Å². The van der Waals surface area contributed by atoms with Crippen LogP contribution in [-0.4, -0.2) is 35.0 Å². The molecule has 1 fully saturated rings. The number of carbonyl (C=O) groups is 2. The third kappa shape index (κ3) is 2.41. The number of carbonyl (C=O) groups excluding carboxylic acids is 1. The highest BCUT2D eigenvalue weighted by Gasteiger charge is 2.51. The third-order valence-corrected chi connectivity index (χ3v) is 4.69. The van der Waals surface area contributed by atoms with Crippen LogP contribution in [-0.2, 0) is 9.59 Å². The monoisotopic (exact) mass is 269 g/mol. The Kier molecular flexibility index (Phi) is 4.00. The summed E-state index contributed by atoms with van der Waals surface area (Å²) >= 11 is 1.67. The molecule has 1 amide bonds. The van der Waals surface area contributed by atoms with E-state index in [1.807, 2.05) is 25.3 Å². The minimum atomic E-state index is -0.843. The van der Waals surface area contributed by atoms with Gasteiger partial charge in [0.25, 0.3) is 0 Å².